The molecule has 0 aliphatic carbocycles. The first-order valence-electron chi connectivity index (χ1n) is 9.54. The molecule has 0 aromatic heterocycles. The van der Waals surface area contributed by atoms with E-state index in [4.69, 9.17) is 0 Å². The molecule has 3 nitrogen and oxygen atoms in total. The van der Waals surface area contributed by atoms with Gasteiger partial charge >= 0.3 is 0 Å². The highest BCUT2D eigenvalue weighted by molar-refractivity contribution is 5.78. The van der Waals surface area contributed by atoms with Crippen molar-refractivity contribution in [1.82, 2.24) is 0 Å². The smallest absolute Gasteiger partial charge is 0.127 e. The van der Waals surface area contributed by atoms with E-state index < -0.39 is 0 Å². The number of phenols is 3. The molecule has 142 valence electrons. The van der Waals surface area contributed by atoms with Crippen LogP contribution < -0.4 is 0 Å². The number of aromatic hydroxyl groups is 3. The van der Waals surface area contributed by atoms with E-state index >= 15 is 0 Å². The summed E-state index contributed by atoms with van der Waals surface area (Å²) in [5.74, 6) is 0.398. The Labute approximate surface area is 157 Å². The fourth-order valence-electron chi connectivity index (χ4n) is 3.54. The van der Waals surface area contributed by atoms with Crippen molar-refractivity contribution < 1.29 is 15.3 Å². The van der Waals surface area contributed by atoms with E-state index in [2.05, 4.69) is 20.8 Å². The molecule has 0 spiro atoms. The third-order valence-electron chi connectivity index (χ3n) is 5.31. The second-order valence-electron chi connectivity index (χ2n) is 8.04. The van der Waals surface area contributed by atoms with Crippen molar-refractivity contribution in [2.75, 3.05) is 0 Å². The Kier molecular flexibility index (Phi) is 6.22. The van der Waals surface area contributed by atoms with E-state index in [0.717, 1.165) is 29.5 Å². The van der Waals surface area contributed by atoms with E-state index in [0.29, 0.717) is 11.1 Å². The molecule has 2 rings (SSSR count). The first-order valence-corrected chi connectivity index (χ1v) is 9.54. The second kappa shape index (κ2) is 8.03. The number of hydrogen-bond acceptors (Lipinski definition) is 3. The zero-order valence-corrected chi connectivity index (χ0v) is 16.7. The molecule has 2 aromatic rings. The summed E-state index contributed by atoms with van der Waals surface area (Å²) in [4.78, 5) is 0. The summed E-state index contributed by atoms with van der Waals surface area (Å²) >= 11 is 0. The molecule has 0 saturated heterocycles. The Morgan fingerprint density at radius 3 is 1.85 bits per heavy atom. The number of unbranched alkanes of at least 4 members (excludes halogenated alkanes) is 3. The van der Waals surface area contributed by atoms with Crippen LogP contribution in [0.25, 0.3) is 11.1 Å². The summed E-state index contributed by atoms with van der Waals surface area (Å²) in [6.45, 7) is 10.1. The minimum absolute atomic E-state index is 0.0751. The summed E-state index contributed by atoms with van der Waals surface area (Å²) < 4.78 is 0. The van der Waals surface area contributed by atoms with Crippen LogP contribution in [0.3, 0.4) is 0 Å². The maximum atomic E-state index is 10.6. The zero-order chi connectivity index (χ0) is 19.5. The van der Waals surface area contributed by atoms with Gasteiger partial charge in [0.25, 0.3) is 0 Å². The Balaban J connectivity index is 2.36. The molecule has 2 aromatic carbocycles. The molecule has 0 heterocycles. The van der Waals surface area contributed by atoms with Gasteiger partial charge in [0.05, 0.1) is 5.56 Å². The topological polar surface area (TPSA) is 60.7 Å². The van der Waals surface area contributed by atoms with Crippen molar-refractivity contribution in [2.45, 2.75) is 72.1 Å². The van der Waals surface area contributed by atoms with Gasteiger partial charge in [-0.15, -0.1) is 0 Å². The van der Waals surface area contributed by atoms with Gasteiger partial charge in [-0.2, -0.15) is 0 Å². The molecule has 0 saturated carbocycles. The fraction of sp³-hybridized carbons (Fsp3) is 0.478. The lowest BCUT2D eigenvalue weighted by Gasteiger charge is -2.26. The van der Waals surface area contributed by atoms with Crippen molar-refractivity contribution in [2.24, 2.45) is 0 Å². The summed E-state index contributed by atoms with van der Waals surface area (Å²) in [7, 11) is 0. The molecule has 26 heavy (non-hydrogen) atoms. The molecular weight excluding hydrogens is 324 g/mol. The molecule has 0 aliphatic heterocycles. The lowest BCUT2D eigenvalue weighted by molar-refractivity contribution is 0.425. The third-order valence-corrected chi connectivity index (χ3v) is 5.31. The van der Waals surface area contributed by atoms with Crippen molar-refractivity contribution in [3.05, 3.63) is 41.0 Å². The standard InChI is InChI=1S/C23H32O3/c1-6-7-8-9-10-23(4,5)18-13-19(24)21(20(25)14-18)17-11-15(2)22(26)16(3)12-17/h11-14,24-26H,6-10H2,1-5H3. The number of rotatable bonds is 7. The Hall–Kier alpha value is -2.16. The number of phenolic OH excluding ortho intramolecular Hbond substituents is 3. The van der Waals surface area contributed by atoms with Gasteiger partial charge < -0.3 is 15.3 Å². The number of hydrogen-bond donors (Lipinski definition) is 3. The Bertz CT molecular complexity index is 729. The first-order chi connectivity index (χ1) is 12.2. The maximum absolute atomic E-state index is 10.6. The van der Waals surface area contributed by atoms with Crippen molar-refractivity contribution in [3.8, 4) is 28.4 Å². The lowest BCUT2D eigenvalue weighted by atomic mass is 9.79. The highest BCUT2D eigenvalue weighted by atomic mass is 16.3. The third kappa shape index (κ3) is 4.32. The second-order valence-corrected chi connectivity index (χ2v) is 8.04. The maximum Gasteiger partial charge on any atom is 0.127 e. The van der Waals surface area contributed by atoms with E-state index in [1.54, 1.807) is 24.3 Å². The molecule has 0 radical (unpaired) electrons. The van der Waals surface area contributed by atoms with Crippen LogP contribution in [0.5, 0.6) is 17.2 Å². The van der Waals surface area contributed by atoms with E-state index in [1.807, 2.05) is 13.8 Å². The van der Waals surface area contributed by atoms with E-state index in [-0.39, 0.29) is 22.7 Å². The molecule has 0 fully saturated rings. The molecule has 3 heteroatoms. The average molecular weight is 357 g/mol. The molecular formula is C23H32O3. The summed E-state index contributed by atoms with van der Waals surface area (Å²) in [6.07, 6.45) is 5.82. The minimum Gasteiger partial charge on any atom is -0.507 e. The van der Waals surface area contributed by atoms with Gasteiger partial charge in [0.1, 0.15) is 17.2 Å². The summed E-state index contributed by atoms with van der Waals surface area (Å²) in [5.41, 5.74) is 3.40. The predicted octanol–water partition coefficient (Wildman–Crippen LogP) is 6.34. The Morgan fingerprint density at radius 1 is 0.808 bits per heavy atom. The predicted molar refractivity (Wildman–Crippen MR) is 108 cm³/mol. The number of benzene rings is 2. The van der Waals surface area contributed by atoms with Crippen LogP contribution in [0, 0.1) is 13.8 Å². The van der Waals surface area contributed by atoms with Gasteiger partial charge in [0.15, 0.2) is 0 Å². The minimum atomic E-state index is -0.109. The zero-order valence-electron chi connectivity index (χ0n) is 16.7. The van der Waals surface area contributed by atoms with Gasteiger partial charge in [0.2, 0.25) is 0 Å². The molecule has 0 unspecified atom stereocenters. The molecule has 0 aliphatic rings. The monoisotopic (exact) mass is 356 g/mol. The fourth-order valence-corrected chi connectivity index (χ4v) is 3.54. The molecule has 3 N–H and O–H groups in total. The van der Waals surface area contributed by atoms with Crippen LogP contribution in [0.2, 0.25) is 0 Å². The average Bonchev–Trinajstić information content (AvgIpc) is 2.56. The van der Waals surface area contributed by atoms with Crippen LogP contribution >= 0.6 is 0 Å². The SMILES string of the molecule is CCCCCCC(C)(C)c1cc(O)c(-c2cc(C)c(O)c(C)c2)c(O)c1. The lowest BCUT2D eigenvalue weighted by Crippen LogP contribution is -2.17. The molecule has 0 amide bonds. The van der Waals surface area contributed by atoms with E-state index in [1.165, 1.54) is 19.3 Å². The van der Waals surface area contributed by atoms with Crippen LogP contribution in [-0.4, -0.2) is 15.3 Å². The molecule has 0 bridgehead atoms. The van der Waals surface area contributed by atoms with Crippen LogP contribution in [0.15, 0.2) is 24.3 Å². The summed E-state index contributed by atoms with van der Waals surface area (Å²) in [5, 5.41) is 31.2. The van der Waals surface area contributed by atoms with Crippen LogP contribution in [0.4, 0.5) is 0 Å². The van der Waals surface area contributed by atoms with Crippen molar-refractivity contribution in [1.29, 1.82) is 0 Å². The first kappa shape index (κ1) is 20.2. The quantitative estimate of drug-likeness (QED) is 0.508. The van der Waals surface area contributed by atoms with Gasteiger partial charge in [0, 0.05) is 0 Å². The van der Waals surface area contributed by atoms with Crippen LogP contribution in [-0.2, 0) is 5.41 Å². The number of aryl methyl sites for hydroxylation is 2. The van der Waals surface area contributed by atoms with Gasteiger partial charge in [-0.1, -0.05) is 46.5 Å². The normalized spacial score (nSPS) is 11.7. The van der Waals surface area contributed by atoms with Crippen LogP contribution in [0.1, 0.15) is 69.6 Å². The highest BCUT2D eigenvalue weighted by Gasteiger charge is 2.24. The molecule has 0 atom stereocenters. The largest absolute Gasteiger partial charge is 0.507 e. The van der Waals surface area contributed by atoms with Crippen molar-refractivity contribution >= 4 is 0 Å². The van der Waals surface area contributed by atoms with E-state index in [9.17, 15) is 15.3 Å². The highest BCUT2D eigenvalue weighted by Crippen LogP contribution is 2.43. The van der Waals surface area contributed by atoms with Crippen molar-refractivity contribution in [3.63, 3.8) is 0 Å². The van der Waals surface area contributed by atoms with Gasteiger partial charge in [-0.05, 0) is 72.2 Å². The summed E-state index contributed by atoms with van der Waals surface area (Å²) in [6, 6.07) is 7.11. The van der Waals surface area contributed by atoms with Gasteiger partial charge in [-0.25, -0.2) is 0 Å². The van der Waals surface area contributed by atoms with Gasteiger partial charge in [-0.3, -0.25) is 0 Å². The Morgan fingerprint density at radius 2 is 1.35 bits per heavy atom.